The van der Waals surface area contributed by atoms with Crippen LogP contribution in [0.4, 0.5) is 5.69 Å². The van der Waals surface area contributed by atoms with Gasteiger partial charge in [0.05, 0.1) is 10.8 Å². The Kier molecular flexibility index (Phi) is 7.35. The van der Waals surface area contributed by atoms with Crippen molar-refractivity contribution in [1.82, 2.24) is 10.2 Å². The molecule has 2 N–H and O–H groups in total. The number of nitrogens with zero attached hydrogens (tertiary/aromatic N) is 1. The maximum Gasteiger partial charge on any atom is 0.261 e. The number of sulfonamides is 1. The first-order chi connectivity index (χ1) is 15.2. The summed E-state index contributed by atoms with van der Waals surface area (Å²) >= 11 is 0. The van der Waals surface area contributed by atoms with Gasteiger partial charge in [0.1, 0.15) is 0 Å². The fourth-order valence-electron chi connectivity index (χ4n) is 3.69. The molecule has 1 atom stereocenters. The summed E-state index contributed by atoms with van der Waals surface area (Å²) in [6.45, 7) is 8.66. The van der Waals surface area contributed by atoms with E-state index in [-0.39, 0.29) is 22.6 Å². The molecule has 1 fully saturated rings. The van der Waals surface area contributed by atoms with Crippen LogP contribution in [-0.4, -0.2) is 44.8 Å². The lowest BCUT2D eigenvalue weighted by atomic mass is 9.96. The second-order valence-electron chi connectivity index (χ2n) is 8.06. The fourth-order valence-corrected chi connectivity index (χ4v) is 4.82. The Labute approximate surface area is 189 Å². The van der Waals surface area contributed by atoms with E-state index in [1.807, 2.05) is 13.8 Å². The number of amides is 2. The van der Waals surface area contributed by atoms with Crippen LogP contribution in [0.2, 0.25) is 0 Å². The molecular formula is C24H29N3O4S. The Morgan fingerprint density at radius 2 is 1.94 bits per heavy atom. The first-order valence-electron chi connectivity index (χ1n) is 10.6. The molecule has 0 unspecified atom stereocenters. The first kappa shape index (κ1) is 23.5. The minimum absolute atomic E-state index is 0.0858. The molecule has 0 bridgehead atoms. The van der Waals surface area contributed by atoms with Gasteiger partial charge in [0.2, 0.25) is 5.91 Å². The third-order valence-corrected chi connectivity index (χ3v) is 7.03. The zero-order chi connectivity index (χ0) is 23.3. The number of piperidine rings is 1. The lowest BCUT2D eigenvalue weighted by Gasteiger charge is -2.32. The Hall–Kier alpha value is -3.13. The van der Waals surface area contributed by atoms with Gasteiger partial charge in [-0.2, -0.15) is 0 Å². The molecule has 0 saturated carbocycles. The van der Waals surface area contributed by atoms with Gasteiger partial charge in [0.15, 0.2) is 0 Å². The fraction of sp³-hybridized carbons (Fsp3) is 0.333. The molecular weight excluding hydrogens is 426 g/mol. The third-order valence-electron chi connectivity index (χ3n) is 5.65. The van der Waals surface area contributed by atoms with E-state index in [2.05, 4.69) is 16.6 Å². The third kappa shape index (κ3) is 5.56. The Bertz CT molecular complexity index is 1130. The Balaban J connectivity index is 1.73. The van der Waals surface area contributed by atoms with E-state index in [1.165, 1.54) is 6.07 Å². The molecule has 1 heterocycles. The topological polar surface area (TPSA) is 95.6 Å². The van der Waals surface area contributed by atoms with Crippen molar-refractivity contribution in [3.63, 3.8) is 0 Å². The molecule has 0 aromatic heterocycles. The van der Waals surface area contributed by atoms with Crippen LogP contribution in [-0.2, 0) is 14.8 Å². The average molecular weight is 456 g/mol. The summed E-state index contributed by atoms with van der Waals surface area (Å²) in [6.07, 6.45) is 3.08. The van der Waals surface area contributed by atoms with Crippen LogP contribution in [0.1, 0.15) is 34.3 Å². The van der Waals surface area contributed by atoms with Crippen LogP contribution in [0.25, 0.3) is 0 Å². The minimum atomic E-state index is -3.78. The van der Waals surface area contributed by atoms with Gasteiger partial charge in [-0.3, -0.25) is 14.3 Å². The summed E-state index contributed by atoms with van der Waals surface area (Å²) in [5.74, 6) is -0.574. The van der Waals surface area contributed by atoms with E-state index >= 15 is 0 Å². The van der Waals surface area contributed by atoms with E-state index in [0.717, 1.165) is 24.0 Å². The van der Waals surface area contributed by atoms with Crippen LogP contribution in [0.5, 0.6) is 0 Å². The van der Waals surface area contributed by atoms with Gasteiger partial charge in [0, 0.05) is 30.9 Å². The standard InChI is InChI=1S/C24H29N3O4S/c1-4-12-25-23(28)20-8-6-13-27(16-20)24(29)19-7-5-9-21(15-19)26-32(30,31)22-11-10-17(2)18(3)14-22/h4-5,7,9-11,14-15,20,26H,1,6,8,12-13,16H2,2-3H3,(H,25,28)/t20-/m1/s1. The highest BCUT2D eigenvalue weighted by atomic mass is 32.2. The van der Waals surface area contributed by atoms with Crippen LogP contribution >= 0.6 is 0 Å². The quantitative estimate of drug-likeness (QED) is 0.627. The van der Waals surface area contributed by atoms with Gasteiger partial charge < -0.3 is 10.2 Å². The summed E-state index contributed by atoms with van der Waals surface area (Å²) in [4.78, 5) is 27.2. The van der Waals surface area contributed by atoms with E-state index in [9.17, 15) is 18.0 Å². The second kappa shape index (κ2) is 9.99. The predicted molar refractivity (Wildman–Crippen MR) is 125 cm³/mol. The van der Waals surface area contributed by atoms with E-state index in [0.29, 0.717) is 30.9 Å². The van der Waals surface area contributed by atoms with Crippen molar-refractivity contribution < 1.29 is 18.0 Å². The molecule has 0 aliphatic carbocycles. The number of aryl methyl sites for hydroxylation is 2. The van der Waals surface area contributed by atoms with E-state index in [4.69, 9.17) is 0 Å². The SMILES string of the molecule is C=CCNC(=O)[C@@H]1CCCN(C(=O)c2cccc(NS(=O)(=O)c3ccc(C)c(C)c3)c2)C1. The Morgan fingerprint density at radius 1 is 1.16 bits per heavy atom. The number of nitrogens with one attached hydrogen (secondary N) is 2. The van der Waals surface area contributed by atoms with Gasteiger partial charge >= 0.3 is 0 Å². The molecule has 170 valence electrons. The zero-order valence-electron chi connectivity index (χ0n) is 18.4. The Morgan fingerprint density at radius 3 is 2.66 bits per heavy atom. The smallest absolute Gasteiger partial charge is 0.261 e. The summed E-state index contributed by atoms with van der Waals surface area (Å²) in [6, 6.07) is 11.4. The lowest BCUT2D eigenvalue weighted by molar-refractivity contribution is -0.126. The minimum Gasteiger partial charge on any atom is -0.352 e. The molecule has 32 heavy (non-hydrogen) atoms. The maximum absolute atomic E-state index is 13.1. The molecule has 2 aromatic rings. The van der Waals surface area contributed by atoms with Crippen molar-refractivity contribution in [3.8, 4) is 0 Å². The molecule has 3 rings (SSSR count). The van der Waals surface area contributed by atoms with E-state index < -0.39 is 10.0 Å². The van der Waals surface area contributed by atoms with Crippen molar-refractivity contribution in [2.45, 2.75) is 31.6 Å². The highest BCUT2D eigenvalue weighted by molar-refractivity contribution is 7.92. The number of hydrogen-bond donors (Lipinski definition) is 2. The highest BCUT2D eigenvalue weighted by Crippen LogP contribution is 2.22. The van der Waals surface area contributed by atoms with Gasteiger partial charge in [0.25, 0.3) is 15.9 Å². The molecule has 2 aromatic carbocycles. The van der Waals surface area contributed by atoms with Gasteiger partial charge in [-0.15, -0.1) is 6.58 Å². The molecule has 0 spiro atoms. The molecule has 1 saturated heterocycles. The number of carbonyl (C=O) groups is 2. The van der Waals surface area contributed by atoms with Gasteiger partial charge in [-0.05, 0) is 68.1 Å². The van der Waals surface area contributed by atoms with Crippen molar-refractivity contribution in [3.05, 3.63) is 71.8 Å². The average Bonchev–Trinajstić information content (AvgIpc) is 2.78. The van der Waals surface area contributed by atoms with Gasteiger partial charge in [-0.1, -0.05) is 18.2 Å². The van der Waals surface area contributed by atoms with Gasteiger partial charge in [-0.25, -0.2) is 8.42 Å². The maximum atomic E-state index is 13.1. The normalized spacial score (nSPS) is 16.3. The lowest BCUT2D eigenvalue weighted by Crippen LogP contribution is -2.45. The molecule has 8 heteroatoms. The summed E-state index contributed by atoms with van der Waals surface area (Å²) in [5.41, 5.74) is 2.58. The number of hydrogen-bond acceptors (Lipinski definition) is 4. The monoisotopic (exact) mass is 455 g/mol. The van der Waals surface area contributed by atoms with Crippen molar-refractivity contribution in [1.29, 1.82) is 0 Å². The number of rotatable bonds is 7. The van der Waals surface area contributed by atoms with Crippen LogP contribution in [0.15, 0.2) is 60.0 Å². The van der Waals surface area contributed by atoms with E-state index in [1.54, 1.807) is 47.4 Å². The largest absolute Gasteiger partial charge is 0.352 e. The molecule has 7 nitrogen and oxygen atoms in total. The predicted octanol–water partition coefficient (Wildman–Crippen LogP) is 3.26. The van der Waals surface area contributed by atoms with Crippen LogP contribution in [0, 0.1) is 19.8 Å². The zero-order valence-corrected chi connectivity index (χ0v) is 19.2. The molecule has 2 amide bonds. The summed E-state index contributed by atoms with van der Waals surface area (Å²) in [7, 11) is -3.78. The van der Waals surface area contributed by atoms with Crippen molar-refractivity contribution >= 4 is 27.5 Å². The first-order valence-corrected chi connectivity index (χ1v) is 12.1. The molecule has 1 aliphatic rings. The summed E-state index contributed by atoms with van der Waals surface area (Å²) < 4.78 is 28.1. The number of likely N-dealkylation sites (tertiary alicyclic amines) is 1. The highest BCUT2D eigenvalue weighted by Gasteiger charge is 2.29. The number of carbonyl (C=O) groups excluding carboxylic acids is 2. The molecule has 0 radical (unpaired) electrons. The van der Waals surface area contributed by atoms with Crippen LogP contribution < -0.4 is 10.0 Å². The number of benzene rings is 2. The van der Waals surface area contributed by atoms with Crippen LogP contribution in [0.3, 0.4) is 0 Å². The number of anilines is 1. The van der Waals surface area contributed by atoms with Crippen molar-refractivity contribution in [2.24, 2.45) is 5.92 Å². The molecule has 1 aliphatic heterocycles. The van der Waals surface area contributed by atoms with Crippen molar-refractivity contribution in [2.75, 3.05) is 24.4 Å². The summed E-state index contributed by atoms with van der Waals surface area (Å²) in [5, 5.41) is 2.79. The second-order valence-corrected chi connectivity index (χ2v) is 9.74.